The van der Waals surface area contributed by atoms with E-state index in [4.69, 9.17) is 4.74 Å². The number of ether oxygens (including phenoxy) is 1. The quantitative estimate of drug-likeness (QED) is 0.384. The minimum atomic E-state index is 0.151. The highest BCUT2D eigenvalue weighted by molar-refractivity contribution is 5.15. The van der Waals surface area contributed by atoms with Crippen LogP contribution in [0.4, 0.5) is 0 Å². The Morgan fingerprint density at radius 1 is 1.56 bits per heavy atom. The summed E-state index contributed by atoms with van der Waals surface area (Å²) >= 11 is 0. The van der Waals surface area contributed by atoms with Gasteiger partial charge in [-0.15, -0.1) is 6.58 Å². The van der Waals surface area contributed by atoms with Gasteiger partial charge in [0.15, 0.2) is 0 Å². The van der Waals surface area contributed by atoms with Crippen LogP contribution in [0.3, 0.4) is 0 Å². The van der Waals surface area contributed by atoms with Crippen LogP contribution < -0.4 is 0 Å². The Balaban J connectivity index is 2.09. The highest BCUT2D eigenvalue weighted by Gasteiger charge is 2.54. The zero-order chi connectivity index (χ0) is 6.32. The first-order chi connectivity index (χ1) is 4.37. The molecule has 1 saturated carbocycles. The van der Waals surface area contributed by atoms with Crippen LogP contribution >= 0.6 is 0 Å². The fraction of sp³-hybridized carbons (Fsp3) is 0.750. The zero-order valence-electron chi connectivity index (χ0n) is 5.60. The zero-order valence-corrected chi connectivity index (χ0v) is 5.60. The molecular formula is C8H12O. The van der Waals surface area contributed by atoms with Gasteiger partial charge < -0.3 is 4.74 Å². The fourth-order valence-corrected chi connectivity index (χ4v) is 1.77. The molecule has 0 bridgehead atoms. The number of fused-ring (bicyclic) bond motifs is 1. The van der Waals surface area contributed by atoms with E-state index in [-0.39, 0.29) is 5.60 Å². The predicted octanol–water partition coefficient (Wildman–Crippen LogP) is 1.88. The molecule has 2 atom stereocenters. The van der Waals surface area contributed by atoms with Crippen molar-refractivity contribution in [2.45, 2.75) is 37.4 Å². The molecule has 9 heavy (non-hydrogen) atoms. The van der Waals surface area contributed by atoms with Crippen molar-refractivity contribution in [1.82, 2.24) is 0 Å². The van der Waals surface area contributed by atoms with Crippen LogP contribution in [0.25, 0.3) is 0 Å². The van der Waals surface area contributed by atoms with E-state index in [2.05, 4.69) is 6.58 Å². The van der Waals surface area contributed by atoms with Gasteiger partial charge in [-0.3, -0.25) is 0 Å². The first kappa shape index (κ1) is 5.48. The molecule has 1 aliphatic carbocycles. The van der Waals surface area contributed by atoms with Crippen LogP contribution in [0.5, 0.6) is 0 Å². The lowest BCUT2D eigenvalue weighted by atomic mass is 9.89. The number of hydrogen-bond acceptors (Lipinski definition) is 1. The third-order valence-corrected chi connectivity index (χ3v) is 2.48. The lowest BCUT2D eigenvalue weighted by molar-refractivity contribution is 0.329. The molecule has 1 heterocycles. The van der Waals surface area contributed by atoms with Crippen molar-refractivity contribution < 1.29 is 4.74 Å². The van der Waals surface area contributed by atoms with Crippen molar-refractivity contribution in [3.8, 4) is 0 Å². The summed E-state index contributed by atoms with van der Waals surface area (Å²) in [6.45, 7) is 3.77. The van der Waals surface area contributed by atoms with Gasteiger partial charge in [-0.25, -0.2) is 0 Å². The van der Waals surface area contributed by atoms with Crippen LogP contribution in [-0.4, -0.2) is 11.7 Å². The van der Waals surface area contributed by atoms with Gasteiger partial charge in [0.2, 0.25) is 0 Å². The van der Waals surface area contributed by atoms with E-state index in [9.17, 15) is 0 Å². The molecule has 0 spiro atoms. The number of rotatable bonds is 1. The summed E-state index contributed by atoms with van der Waals surface area (Å²) in [6, 6.07) is 0. The van der Waals surface area contributed by atoms with Gasteiger partial charge in [-0.05, 0) is 12.8 Å². The molecule has 50 valence electrons. The van der Waals surface area contributed by atoms with E-state index in [1.165, 1.54) is 25.7 Å². The van der Waals surface area contributed by atoms with Gasteiger partial charge in [-0.2, -0.15) is 0 Å². The van der Waals surface area contributed by atoms with Crippen LogP contribution in [0.1, 0.15) is 25.7 Å². The van der Waals surface area contributed by atoms with Crippen molar-refractivity contribution in [3.63, 3.8) is 0 Å². The monoisotopic (exact) mass is 124 g/mol. The highest BCUT2D eigenvalue weighted by Crippen LogP contribution is 2.48. The highest BCUT2D eigenvalue weighted by atomic mass is 16.6. The predicted molar refractivity (Wildman–Crippen MR) is 36.3 cm³/mol. The number of epoxide rings is 1. The van der Waals surface area contributed by atoms with E-state index in [1.54, 1.807) is 0 Å². The van der Waals surface area contributed by atoms with Gasteiger partial charge in [-0.1, -0.05) is 18.9 Å². The van der Waals surface area contributed by atoms with E-state index in [0.717, 1.165) is 0 Å². The second-order valence-electron chi connectivity index (χ2n) is 3.01. The van der Waals surface area contributed by atoms with Gasteiger partial charge in [0.05, 0.1) is 6.10 Å². The van der Waals surface area contributed by atoms with E-state index in [1.807, 2.05) is 6.08 Å². The average molecular weight is 124 g/mol. The molecule has 2 rings (SSSR count). The Morgan fingerprint density at radius 2 is 2.44 bits per heavy atom. The normalized spacial score (nSPS) is 47.8. The lowest BCUT2D eigenvalue weighted by Crippen LogP contribution is -2.15. The SMILES string of the molecule is C=C[C@]12CCCCC1O2. The molecule has 2 aliphatic rings. The van der Waals surface area contributed by atoms with Gasteiger partial charge in [0.25, 0.3) is 0 Å². The minimum Gasteiger partial charge on any atom is -0.362 e. The molecular weight excluding hydrogens is 112 g/mol. The summed E-state index contributed by atoms with van der Waals surface area (Å²) in [5.41, 5.74) is 0.151. The Kier molecular flexibility index (Phi) is 0.974. The first-order valence-corrected chi connectivity index (χ1v) is 3.69. The minimum absolute atomic E-state index is 0.151. The van der Waals surface area contributed by atoms with E-state index < -0.39 is 0 Å². The van der Waals surface area contributed by atoms with Crippen LogP contribution in [-0.2, 0) is 4.74 Å². The molecule has 0 amide bonds. The van der Waals surface area contributed by atoms with Gasteiger partial charge in [0.1, 0.15) is 5.60 Å². The Labute approximate surface area is 55.7 Å². The second kappa shape index (κ2) is 1.60. The molecule has 1 aliphatic heterocycles. The lowest BCUT2D eigenvalue weighted by Gasteiger charge is -2.11. The largest absolute Gasteiger partial charge is 0.362 e. The summed E-state index contributed by atoms with van der Waals surface area (Å²) in [5, 5.41) is 0. The maximum absolute atomic E-state index is 5.50. The van der Waals surface area contributed by atoms with E-state index in [0.29, 0.717) is 6.10 Å². The smallest absolute Gasteiger partial charge is 0.113 e. The summed E-state index contributed by atoms with van der Waals surface area (Å²) in [7, 11) is 0. The standard InChI is InChI=1S/C8H12O/c1-2-8-6-4-3-5-7(8)9-8/h2,7H,1,3-6H2/t7?,8-/m0/s1. The third-order valence-electron chi connectivity index (χ3n) is 2.48. The molecule has 0 aromatic rings. The van der Waals surface area contributed by atoms with E-state index >= 15 is 0 Å². The van der Waals surface area contributed by atoms with Crippen molar-refractivity contribution in [3.05, 3.63) is 12.7 Å². The summed E-state index contributed by atoms with van der Waals surface area (Å²) in [5.74, 6) is 0. The van der Waals surface area contributed by atoms with Crippen molar-refractivity contribution in [1.29, 1.82) is 0 Å². The molecule has 1 heteroatoms. The average Bonchev–Trinajstić information content (AvgIpc) is 2.62. The van der Waals surface area contributed by atoms with Crippen LogP contribution in [0.2, 0.25) is 0 Å². The van der Waals surface area contributed by atoms with Gasteiger partial charge in [0, 0.05) is 0 Å². The molecule has 0 aromatic carbocycles. The topological polar surface area (TPSA) is 12.5 Å². The molecule has 1 unspecified atom stereocenters. The number of hydrogen-bond donors (Lipinski definition) is 0. The maximum Gasteiger partial charge on any atom is 0.113 e. The summed E-state index contributed by atoms with van der Waals surface area (Å²) in [4.78, 5) is 0. The Hall–Kier alpha value is -0.300. The van der Waals surface area contributed by atoms with Crippen molar-refractivity contribution in [2.24, 2.45) is 0 Å². The van der Waals surface area contributed by atoms with Crippen molar-refractivity contribution in [2.75, 3.05) is 0 Å². The first-order valence-electron chi connectivity index (χ1n) is 3.69. The molecule has 1 saturated heterocycles. The third kappa shape index (κ3) is 0.645. The molecule has 2 fully saturated rings. The second-order valence-corrected chi connectivity index (χ2v) is 3.01. The maximum atomic E-state index is 5.50. The van der Waals surface area contributed by atoms with Crippen molar-refractivity contribution >= 4 is 0 Å². The Bertz CT molecular complexity index is 142. The molecule has 0 N–H and O–H groups in total. The van der Waals surface area contributed by atoms with Gasteiger partial charge >= 0.3 is 0 Å². The molecule has 0 aromatic heterocycles. The van der Waals surface area contributed by atoms with Crippen LogP contribution in [0.15, 0.2) is 12.7 Å². The fourth-order valence-electron chi connectivity index (χ4n) is 1.77. The molecule has 1 nitrogen and oxygen atoms in total. The van der Waals surface area contributed by atoms with Crippen LogP contribution in [0, 0.1) is 0 Å². The summed E-state index contributed by atoms with van der Waals surface area (Å²) < 4.78 is 5.50. The summed E-state index contributed by atoms with van der Waals surface area (Å²) in [6.07, 6.45) is 7.66. The molecule has 0 radical (unpaired) electrons. The Morgan fingerprint density at radius 3 is 3.00 bits per heavy atom.